The summed E-state index contributed by atoms with van der Waals surface area (Å²) in [6.07, 6.45) is 4.65. The standard InChI is InChI=1S/C22H27N3O3/c1-25(2)22(24-23)20(14-21(26)27)16-8-10-18(11-9-16)28-19-12-7-15-5-3-4-6-17(15)13-19/h7-13,20H,3-6,14,23H2,1-2H3,(H,26,27)/b24-22-/t20-/m0/s1. The number of carboxylic acids is 1. The van der Waals surface area contributed by atoms with Crippen LogP contribution in [0.2, 0.25) is 0 Å². The van der Waals surface area contributed by atoms with Gasteiger partial charge in [0.1, 0.15) is 17.3 Å². The molecule has 148 valence electrons. The maximum Gasteiger partial charge on any atom is 0.304 e. The van der Waals surface area contributed by atoms with Crippen LogP contribution in [0.3, 0.4) is 0 Å². The lowest BCUT2D eigenvalue weighted by atomic mass is 9.92. The largest absolute Gasteiger partial charge is 0.481 e. The third-order valence-corrected chi connectivity index (χ3v) is 5.12. The third kappa shape index (κ3) is 4.63. The van der Waals surface area contributed by atoms with Crippen LogP contribution < -0.4 is 10.6 Å². The van der Waals surface area contributed by atoms with Gasteiger partial charge in [-0.05, 0) is 66.6 Å². The molecule has 3 N–H and O–H groups in total. The predicted octanol–water partition coefficient (Wildman–Crippen LogP) is 3.75. The molecule has 2 aromatic rings. The number of nitrogens with two attached hydrogens (primary N) is 1. The van der Waals surface area contributed by atoms with Crippen LogP contribution in [-0.2, 0) is 17.6 Å². The van der Waals surface area contributed by atoms with Gasteiger partial charge in [-0.25, -0.2) is 0 Å². The van der Waals surface area contributed by atoms with Crippen molar-refractivity contribution >= 4 is 11.8 Å². The van der Waals surface area contributed by atoms with Crippen LogP contribution in [0.4, 0.5) is 0 Å². The Morgan fingerprint density at radius 2 is 1.75 bits per heavy atom. The number of amidine groups is 1. The number of carbonyl (C=O) groups is 1. The first-order valence-electron chi connectivity index (χ1n) is 9.54. The molecule has 0 bridgehead atoms. The molecule has 28 heavy (non-hydrogen) atoms. The summed E-state index contributed by atoms with van der Waals surface area (Å²) >= 11 is 0. The van der Waals surface area contributed by atoms with Crippen molar-refractivity contribution in [3.05, 3.63) is 59.2 Å². The van der Waals surface area contributed by atoms with Crippen LogP contribution in [0, 0.1) is 0 Å². The third-order valence-electron chi connectivity index (χ3n) is 5.12. The van der Waals surface area contributed by atoms with Crippen molar-refractivity contribution in [3.63, 3.8) is 0 Å². The molecule has 0 aromatic heterocycles. The van der Waals surface area contributed by atoms with Crippen LogP contribution in [0.5, 0.6) is 11.5 Å². The van der Waals surface area contributed by atoms with Gasteiger partial charge in [-0.15, -0.1) is 0 Å². The summed E-state index contributed by atoms with van der Waals surface area (Å²) in [4.78, 5) is 13.1. The van der Waals surface area contributed by atoms with Crippen molar-refractivity contribution in [2.75, 3.05) is 14.1 Å². The second kappa shape index (κ2) is 8.78. The summed E-state index contributed by atoms with van der Waals surface area (Å²) in [6.45, 7) is 0. The number of fused-ring (bicyclic) bond motifs is 1. The van der Waals surface area contributed by atoms with Gasteiger partial charge < -0.3 is 20.6 Å². The van der Waals surface area contributed by atoms with Crippen molar-refractivity contribution in [3.8, 4) is 11.5 Å². The molecule has 1 atom stereocenters. The summed E-state index contributed by atoms with van der Waals surface area (Å²) < 4.78 is 6.01. The highest BCUT2D eigenvalue weighted by molar-refractivity contribution is 5.91. The van der Waals surface area contributed by atoms with Gasteiger partial charge in [0.2, 0.25) is 0 Å². The normalized spacial score (nSPS) is 14.9. The monoisotopic (exact) mass is 381 g/mol. The molecule has 1 aliphatic carbocycles. The molecule has 0 spiro atoms. The number of aryl methyl sites for hydroxylation is 2. The number of carboxylic acid groups (broad SMARTS) is 1. The van der Waals surface area contributed by atoms with Crippen molar-refractivity contribution in [1.29, 1.82) is 0 Å². The number of hydrazone groups is 1. The molecule has 6 heteroatoms. The number of nitrogens with zero attached hydrogens (tertiary/aromatic N) is 2. The molecule has 0 heterocycles. The van der Waals surface area contributed by atoms with E-state index in [1.54, 1.807) is 19.0 Å². The Bertz CT molecular complexity index is 860. The van der Waals surface area contributed by atoms with Crippen LogP contribution in [0.1, 0.15) is 41.9 Å². The average Bonchev–Trinajstić information content (AvgIpc) is 2.68. The highest BCUT2D eigenvalue weighted by Crippen LogP contribution is 2.30. The number of ether oxygens (including phenoxy) is 1. The van der Waals surface area contributed by atoms with Crippen molar-refractivity contribution in [1.82, 2.24) is 4.90 Å². The number of likely N-dealkylation sites (N-methyl/N-ethyl adjacent to an activating group) is 1. The number of rotatable bonds is 6. The van der Waals surface area contributed by atoms with Gasteiger partial charge in [-0.2, -0.15) is 5.10 Å². The van der Waals surface area contributed by atoms with Gasteiger partial charge in [0.05, 0.1) is 12.3 Å². The van der Waals surface area contributed by atoms with E-state index in [0.29, 0.717) is 11.6 Å². The Hall–Kier alpha value is -3.02. The molecule has 0 amide bonds. The van der Waals surface area contributed by atoms with Gasteiger partial charge in [0.25, 0.3) is 0 Å². The first kappa shape index (κ1) is 19.7. The SMILES string of the molecule is CN(C)/C(=N\N)[C@@H](CC(=O)O)c1ccc(Oc2ccc3c(c2)CCCC3)cc1. The van der Waals surface area contributed by atoms with E-state index in [-0.39, 0.29) is 6.42 Å². The molecule has 0 saturated carbocycles. The number of benzene rings is 2. The van der Waals surface area contributed by atoms with Crippen LogP contribution >= 0.6 is 0 Å². The van der Waals surface area contributed by atoms with E-state index in [2.05, 4.69) is 17.2 Å². The summed E-state index contributed by atoms with van der Waals surface area (Å²) in [6, 6.07) is 13.7. The van der Waals surface area contributed by atoms with Crippen LogP contribution in [0.25, 0.3) is 0 Å². The molecule has 0 aliphatic heterocycles. The van der Waals surface area contributed by atoms with E-state index in [0.717, 1.165) is 24.2 Å². The quantitative estimate of drug-likeness (QED) is 0.344. The van der Waals surface area contributed by atoms with E-state index in [4.69, 9.17) is 10.6 Å². The molecule has 0 radical (unpaired) electrons. The minimum Gasteiger partial charge on any atom is -0.481 e. The highest BCUT2D eigenvalue weighted by atomic mass is 16.5. The molecule has 0 unspecified atom stereocenters. The fraction of sp³-hybridized carbons (Fsp3) is 0.364. The zero-order valence-electron chi connectivity index (χ0n) is 16.4. The van der Waals surface area contributed by atoms with Crippen LogP contribution in [-0.4, -0.2) is 35.9 Å². The van der Waals surface area contributed by atoms with E-state index in [1.807, 2.05) is 30.3 Å². The molecular formula is C22H27N3O3. The smallest absolute Gasteiger partial charge is 0.304 e. The Balaban J connectivity index is 1.78. The first-order valence-corrected chi connectivity index (χ1v) is 9.54. The summed E-state index contributed by atoms with van der Waals surface area (Å²) in [5.41, 5.74) is 3.62. The fourth-order valence-electron chi connectivity index (χ4n) is 3.73. The molecule has 1 aliphatic rings. The molecule has 6 nitrogen and oxygen atoms in total. The molecule has 2 aromatic carbocycles. The molecular weight excluding hydrogens is 354 g/mol. The predicted molar refractivity (Wildman–Crippen MR) is 110 cm³/mol. The molecule has 3 rings (SSSR count). The second-order valence-corrected chi connectivity index (χ2v) is 7.34. The second-order valence-electron chi connectivity index (χ2n) is 7.34. The zero-order chi connectivity index (χ0) is 20.1. The minimum atomic E-state index is -0.901. The maximum absolute atomic E-state index is 11.3. The average molecular weight is 381 g/mol. The van der Waals surface area contributed by atoms with E-state index in [1.165, 1.54) is 24.0 Å². The van der Waals surface area contributed by atoms with Gasteiger partial charge in [0.15, 0.2) is 0 Å². The van der Waals surface area contributed by atoms with Crippen LogP contribution in [0.15, 0.2) is 47.6 Å². The Labute approximate surface area is 165 Å². The molecule has 0 fully saturated rings. The Morgan fingerprint density at radius 1 is 1.11 bits per heavy atom. The Kier molecular flexibility index (Phi) is 6.19. The lowest BCUT2D eigenvalue weighted by Crippen LogP contribution is -2.31. The maximum atomic E-state index is 11.3. The first-order chi connectivity index (χ1) is 13.5. The fourth-order valence-corrected chi connectivity index (χ4v) is 3.73. The lowest BCUT2D eigenvalue weighted by Gasteiger charge is -2.23. The van der Waals surface area contributed by atoms with Gasteiger partial charge in [-0.1, -0.05) is 18.2 Å². The van der Waals surface area contributed by atoms with Crippen molar-refractivity contribution in [2.45, 2.75) is 38.0 Å². The summed E-state index contributed by atoms with van der Waals surface area (Å²) in [7, 11) is 3.60. The zero-order valence-corrected chi connectivity index (χ0v) is 16.4. The number of hydrogen-bond acceptors (Lipinski definition) is 4. The van der Waals surface area contributed by atoms with Gasteiger partial charge in [-0.3, -0.25) is 4.79 Å². The lowest BCUT2D eigenvalue weighted by molar-refractivity contribution is -0.137. The number of aliphatic carboxylic acids is 1. The van der Waals surface area contributed by atoms with Crippen molar-refractivity contribution in [2.24, 2.45) is 10.9 Å². The molecule has 0 saturated heterocycles. The Morgan fingerprint density at radius 3 is 2.36 bits per heavy atom. The van der Waals surface area contributed by atoms with Crippen molar-refractivity contribution < 1.29 is 14.6 Å². The van der Waals surface area contributed by atoms with Gasteiger partial charge >= 0.3 is 5.97 Å². The van der Waals surface area contributed by atoms with E-state index >= 15 is 0 Å². The van der Waals surface area contributed by atoms with E-state index in [9.17, 15) is 9.90 Å². The highest BCUT2D eigenvalue weighted by Gasteiger charge is 2.23. The topological polar surface area (TPSA) is 88.2 Å². The number of hydrogen-bond donors (Lipinski definition) is 2. The summed E-state index contributed by atoms with van der Waals surface area (Å²) in [5, 5.41) is 13.1. The van der Waals surface area contributed by atoms with E-state index < -0.39 is 11.9 Å². The minimum absolute atomic E-state index is 0.0841. The summed E-state index contributed by atoms with van der Waals surface area (Å²) in [5.74, 6) is 6.24. The van der Waals surface area contributed by atoms with Gasteiger partial charge in [0, 0.05) is 14.1 Å².